The van der Waals surface area contributed by atoms with E-state index in [1.807, 2.05) is 0 Å². The lowest BCUT2D eigenvalue weighted by Crippen LogP contribution is -2.42. The maximum absolute atomic E-state index is 14.3. The third-order valence-corrected chi connectivity index (χ3v) is 3.04. The molecule has 1 unspecified atom stereocenters. The lowest BCUT2D eigenvalue weighted by molar-refractivity contribution is -0.0479. The quantitative estimate of drug-likeness (QED) is 0.741. The SMILES string of the molecule is C[C@H]1O[C@@H](n2cc(F)c(N)nc2=O)[C@](C)(F)C1O. The van der Waals surface area contributed by atoms with E-state index in [9.17, 15) is 18.7 Å². The highest BCUT2D eigenvalue weighted by molar-refractivity contribution is 5.26. The lowest BCUT2D eigenvalue weighted by atomic mass is 9.99. The molecule has 1 aliphatic heterocycles. The molecule has 2 rings (SSSR count). The summed E-state index contributed by atoms with van der Waals surface area (Å²) in [6.07, 6.45) is -2.97. The number of ether oxygens (including phenoxy) is 1. The molecule has 0 saturated carbocycles. The van der Waals surface area contributed by atoms with Gasteiger partial charge in [-0.15, -0.1) is 0 Å². The molecule has 18 heavy (non-hydrogen) atoms. The van der Waals surface area contributed by atoms with Crippen molar-refractivity contribution in [2.24, 2.45) is 0 Å². The molecular formula is C10H13F2N3O3. The topological polar surface area (TPSA) is 90.4 Å². The fourth-order valence-electron chi connectivity index (χ4n) is 1.98. The number of nitrogen functional groups attached to an aromatic ring is 1. The number of nitrogens with two attached hydrogens (primary N) is 1. The third kappa shape index (κ3) is 1.77. The fraction of sp³-hybridized carbons (Fsp3) is 0.600. The molecule has 100 valence electrons. The number of anilines is 1. The van der Waals surface area contributed by atoms with Crippen LogP contribution in [0.3, 0.4) is 0 Å². The van der Waals surface area contributed by atoms with Crippen LogP contribution in [0.5, 0.6) is 0 Å². The van der Waals surface area contributed by atoms with E-state index in [0.717, 1.165) is 13.1 Å². The van der Waals surface area contributed by atoms with Crippen LogP contribution in [-0.2, 0) is 4.74 Å². The van der Waals surface area contributed by atoms with Gasteiger partial charge in [-0.2, -0.15) is 4.98 Å². The normalized spacial score (nSPS) is 35.9. The van der Waals surface area contributed by atoms with Crippen LogP contribution >= 0.6 is 0 Å². The van der Waals surface area contributed by atoms with Crippen LogP contribution in [-0.4, -0.2) is 32.5 Å². The summed E-state index contributed by atoms with van der Waals surface area (Å²) in [5.41, 5.74) is 1.96. The zero-order chi connectivity index (χ0) is 13.7. The molecule has 0 aromatic carbocycles. The highest BCUT2D eigenvalue weighted by Crippen LogP contribution is 2.40. The van der Waals surface area contributed by atoms with Crippen LogP contribution in [0.2, 0.25) is 0 Å². The van der Waals surface area contributed by atoms with Gasteiger partial charge in [0.2, 0.25) is 0 Å². The Balaban J connectivity index is 2.51. The molecule has 1 fully saturated rings. The van der Waals surface area contributed by atoms with E-state index in [4.69, 9.17) is 10.5 Å². The molecule has 1 aliphatic rings. The number of alkyl halides is 1. The Morgan fingerprint density at radius 1 is 1.67 bits per heavy atom. The maximum Gasteiger partial charge on any atom is 0.351 e. The number of halogens is 2. The smallest absolute Gasteiger partial charge is 0.351 e. The van der Waals surface area contributed by atoms with Crippen LogP contribution in [0, 0.1) is 5.82 Å². The van der Waals surface area contributed by atoms with Gasteiger partial charge in [-0.25, -0.2) is 13.6 Å². The van der Waals surface area contributed by atoms with Crippen molar-refractivity contribution in [3.8, 4) is 0 Å². The van der Waals surface area contributed by atoms with E-state index < -0.39 is 41.4 Å². The molecule has 4 atom stereocenters. The molecule has 0 spiro atoms. The van der Waals surface area contributed by atoms with Gasteiger partial charge in [-0.3, -0.25) is 4.57 Å². The number of aromatic nitrogens is 2. The predicted molar refractivity (Wildman–Crippen MR) is 58.0 cm³/mol. The van der Waals surface area contributed by atoms with E-state index in [1.54, 1.807) is 0 Å². The van der Waals surface area contributed by atoms with Crippen molar-refractivity contribution in [1.29, 1.82) is 0 Å². The van der Waals surface area contributed by atoms with Gasteiger partial charge in [0.1, 0.15) is 6.10 Å². The second-order valence-electron chi connectivity index (χ2n) is 4.45. The molecule has 1 saturated heterocycles. The van der Waals surface area contributed by atoms with Crippen LogP contribution in [0.15, 0.2) is 11.0 Å². The van der Waals surface area contributed by atoms with E-state index >= 15 is 0 Å². The Kier molecular flexibility index (Phi) is 2.86. The second kappa shape index (κ2) is 3.99. The van der Waals surface area contributed by atoms with Gasteiger partial charge in [0, 0.05) is 0 Å². The first kappa shape index (κ1) is 12.9. The van der Waals surface area contributed by atoms with Gasteiger partial charge in [0.25, 0.3) is 0 Å². The van der Waals surface area contributed by atoms with E-state index in [-0.39, 0.29) is 0 Å². The minimum atomic E-state index is -2.23. The Morgan fingerprint density at radius 2 is 2.28 bits per heavy atom. The van der Waals surface area contributed by atoms with Crippen molar-refractivity contribution in [3.63, 3.8) is 0 Å². The van der Waals surface area contributed by atoms with E-state index in [0.29, 0.717) is 4.57 Å². The molecule has 0 amide bonds. The largest absolute Gasteiger partial charge is 0.387 e. The first-order valence-corrected chi connectivity index (χ1v) is 5.31. The maximum atomic E-state index is 14.3. The average Bonchev–Trinajstić information content (AvgIpc) is 2.48. The molecule has 0 aliphatic carbocycles. The zero-order valence-electron chi connectivity index (χ0n) is 9.80. The van der Waals surface area contributed by atoms with Gasteiger partial charge in [0.05, 0.1) is 12.3 Å². The first-order chi connectivity index (χ1) is 8.25. The summed E-state index contributed by atoms with van der Waals surface area (Å²) in [5, 5.41) is 9.62. The summed E-state index contributed by atoms with van der Waals surface area (Å²) < 4.78 is 33.4. The molecule has 3 N–H and O–H groups in total. The standard InChI is InChI=1S/C10H13F2N3O3/c1-4-6(16)10(2,12)8(18-4)15-3-5(11)7(13)14-9(15)17/h3-4,6,8,16H,1-2H3,(H2,13,14,17)/t4-,6?,8-,10-/m1/s1. The minimum absolute atomic E-state index is 0.566. The molecular weight excluding hydrogens is 248 g/mol. The molecule has 6 nitrogen and oxygen atoms in total. The van der Waals surface area contributed by atoms with Crippen LogP contribution in [0.25, 0.3) is 0 Å². The van der Waals surface area contributed by atoms with Crippen molar-refractivity contribution in [2.75, 3.05) is 5.73 Å². The summed E-state index contributed by atoms with van der Waals surface area (Å²) in [6, 6.07) is 0. The molecule has 8 heteroatoms. The molecule has 0 bridgehead atoms. The van der Waals surface area contributed by atoms with Crippen molar-refractivity contribution < 1.29 is 18.6 Å². The molecule has 2 heterocycles. The molecule has 0 radical (unpaired) electrons. The van der Waals surface area contributed by atoms with E-state index in [1.165, 1.54) is 6.92 Å². The predicted octanol–water partition coefficient (Wildman–Crippen LogP) is -0.0290. The summed E-state index contributed by atoms with van der Waals surface area (Å²) in [7, 11) is 0. The summed E-state index contributed by atoms with van der Waals surface area (Å²) in [6.45, 7) is 2.53. The summed E-state index contributed by atoms with van der Waals surface area (Å²) in [4.78, 5) is 14.8. The molecule has 1 aromatic rings. The van der Waals surface area contributed by atoms with Crippen molar-refractivity contribution >= 4 is 5.82 Å². The Morgan fingerprint density at radius 3 is 2.78 bits per heavy atom. The number of aliphatic hydroxyl groups excluding tert-OH is 1. The molecule has 1 aromatic heterocycles. The van der Waals surface area contributed by atoms with Gasteiger partial charge in [0.15, 0.2) is 23.5 Å². The van der Waals surface area contributed by atoms with E-state index in [2.05, 4.69) is 4.98 Å². The number of aliphatic hydroxyl groups is 1. The van der Waals surface area contributed by atoms with Gasteiger partial charge in [-0.1, -0.05) is 0 Å². The average molecular weight is 261 g/mol. The summed E-state index contributed by atoms with van der Waals surface area (Å²) >= 11 is 0. The van der Waals surface area contributed by atoms with Crippen LogP contribution in [0.4, 0.5) is 14.6 Å². The number of rotatable bonds is 1. The van der Waals surface area contributed by atoms with Gasteiger partial charge >= 0.3 is 5.69 Å². The van der Waals surface area contributed by atoms with Crippen molar-refractivity contribution in [3.05, 3.63) is 22.5 Å². The Bertz CT molecular complexity index is 532. The first-order valence-electron chi connectivity index (χ1n) is 5.31. The Hall–Kier alpha value is -1.54. The fourth-order valence-corrected chi connectivity index (χ4v) is 1.98. The number of nitrogens with zero attached hydrogens (tertiary/aromatic N) is 2. The Labute approximate surface area is 101 Å². The van der Waals surface area contributed by atoms with Crippen LogP contribution in [0.1, 0.15) is 20.1 Å². The second-order valence-corrected chi connectivity index (χ2v) is 4.45. The number of hydrogen-bond acceptors (Lipinski definition) is 5. The third-order valence-electron chi connectivity index (χ3n) is 3.04. The zero-order valence-corrected chi connectivity index (χ0v) is 9.80. The highest BCUT2D eigenvalue weighted by atomic mass is 19.1. The monoisotopic (exact) mass is 261 g/mol. The van der Waals surface area contributed by atoms with Crippen molar-refractivity contribution in [2.45, 2.75) is 38.0 Å². The van der Waals surface area contributed by atoms with Crippen LogP contribution < -0.4 is 11.4 Å². The number of hydrogen-bond donors (Lipinski definition) is 2. The summed E-state index contributed by atoms with van der Waals surface area (Å²) in [5.74, 6) is -1.52. The van der Waals surface area contributed by atoms with Gasteiger partial charge < -0.3 is 15.6 Å². The lowest BCUT2D eigenvalue weighted by Gasteiger charge is -2.24. The minimum Gasteiger partial charge on any atom is -0.387 e. The van der Waals surface area contributed by atoms with Crippen molar-refractivity contribution in [1.82, 2.24) is 9.55 Å². The van der Waals surface area contributed by atoms with Gasteiger partial charge in [-0.05, 0) is 13.8 Å². The highest BCUT2D eigenvalue weighted by Gasteiger charge is 2.53.